The number of fused-ring (bicyclic) bond motifs is 1. The average Bonchev–Trinajstić information content (AvgIpc) is 3.61. The predicted octanol–water partition coefficient (Wildman–Crippen LogP) is 3.03. The minimum absolute atomic E-state index is 0.0382. The van der Waals surface area contributed by atoms with Crippen LogP contribution in [0.25, 0.3) is 22.2 Å². The zero-order valence-electron chi connectivity index (χ0n) is 21.4. The van der Waals surface area contributed by atoms with E-state index in [0.717, 1.165) is 52.1 Å². The average molecular weight is 526 g/mol. The number of aromatic nitrogens is 7. The van der Waals surface area contributed by atoms with E-state index in [4.69, 9.17) is 10.8 Å². The minimum Gasteiger partial charge on any atom is -0.394 e. The van der Waals surface area contributed by atoms with Crippen molar-refractivity contribution in [3.8, 4) is 11.1 Å². The summed E-state index contributed by atoms with van der Waals surface area (Å²) in [5, 5.41) is 17.9. The molecule has 5 aromatic rings. The van der Waals surface area contributed by atoms with E-state index in [-0.39, 0.29) is 12.4 Å². The molecule has 11 heteroatoms. The maximum atomic E-state index is 13.4. The number of hydrogen-bond donors (Lipinski definition) is 2. The van der Waals surface area contributed by atoms with E-state index in [0.29, 0.717) is 18.9 Å². The summed E-state index contributed by atoms with van der Waals surface area (Å²) >= 11 is 0. The van der Waals surface area contributed by atoms with E-state index in [9.17, 15) is 4.39 Å². The zero-order chi connectivity index (χ0) is 27.0. The molecule has 1 aromatic carbocycles. The lowest BCUT2D eigenvalue weighted by atomic mass is 9.87. The Kier molecular flexibility index (Phi) is 6.37. The maximum absolute atomic E-state index is 13.4. The van der Waals surface area contributed by atoms with Crippen LogP contribution in [0, 0.1) is 5.82 Å². The fraction of sp³-hybridized carbons (Fsp3) is 0.250. The fourth-order valence-electron chi connectivity index (χ4n) is 4.85. The van der Waals surface area contributed by atoms with Crippen molar-refractivity contribution < 1.29 is 9.50 Å². The molecular weight excluding hydrogens is 497 g/mol. The van der Waals surface area contributed by atoms with Crippen LogP contribution in [-0.4, -0.2) is 59.1 Å². The summed E-state index contributed by atoms with van der Waals surface area (Å²) in [6, 6.07) is 8.23. The normalized spacial score (nSPS) is 15.4. The SMILES string of the molecule is CC(N)(c1ccc(F)cc1)c1cnc(C2=CCN(c3ncnn4cc(-c5cnn(CCO)c5)cc34)CC2)nc1. The van der Waals surface area contributed by atoms with Crippen molar-refractivity contribution >= 4 is 16.9 Å². The predicted molar refractivity (Wildman–Crippen MR) is 145 cm³/mol. The van der Waals surface area contributed by atoms with Crippen LogP contribution in [0.2, 0.25) is 0 Å². The monoisotopic (exact) mass is 525 g/mol. The number of anilines is 1. The maximum Gasteiger partial charge on any atom is 0.156 e. The van der Waals surface area contributed by atoms with Crippen LogP contribution in [0.3, 0.4) is 0 Å². The third kappa shape index (κ3) is 4.77. The van der Waals surface area contributed by atoms with Gasteiger partial charge < -0.3 is 15.7 Å². The van der Waals surface area contributed by atoms with Gasteiger partial charge in [-0.2, -0.15) is 10.2 Å². The fourth-order valence-corrected chi connectivity index (χ4v) is 4.85. The molecule has 1 unspecified atom stereocenters. The summed E-state index contributed by atoms with van der Waals surface area (Å²) in [4.78, 5) is 16.0. The third-order valence-electron chi connectivity index (χ3n) is 7.17. The van der Waals surface area contributed by atoms with Crippen LogP contribution in [0.5, 0.6) is 0 Å². The molecule has 0 saturated carbocycles. The zero-order valence-corrected chi connectivity index (χ0v) is 21.4. The van der Waals surface area contributed by atoms with Crippen LogP contribution in [-0.2, 0) is 12.1 Å². The Labute approximate surface area is 224 Å². The summed E-state index contributed by atoms with van der Waals surface area (Å²) in [6.45, 7) is 3.77. The Morgan fingerprint density at radius 1 is 1.00 bits per heavy atom. The molecule has 0 fully saturated rings. The summed E-state index contributed by atoms with van der Waals surface area (Å²) in [6.07, 6.45) is 13.6. The van der Waals surface area contributed by atoms with E-state index in [1.165, 1.54) is 12.1 Å². The van der Waals surface area contributed by atoms with Crippen molar-refractivity contribution in [2.24, 2.45) is 5.73 Å². The van der Waals surface area contributed by atoms with Crippen LogP contribution in [0.4, 0.5) is 10.2 Å². The molecule has 0 radical (unpaired) electrons. The lowest BCUT2D eigenvalue weighted by Gasteiger charge is -2.28. The lowest BCUT2D eigenvalue weighted by molar-refractivity contribution is 0.269. The van der Waals surface area contributed by atoms with Crippen molar-refractivity contribution in [2.45, 2.75) is 25.4 Å². The van der Waals surface area contributed by atoms with E-state index in [2.05, 4.69) is 42.2 Å². The van der Waals surface area contributed by atoms with Gasteiger partial charge in [-0.15, -0.1) is 0 Å². The molecule has 0 saturated heterocycles. The van der Waals surface area contributed by atoms with Gasteiger partial charge in [-0.05, 0) is 42.7 Å². The van der Waals surface area contributed by atoms with Crippen molar-refractivity contribution in [3.63, 3.8) is 0 Å². The number of nitrogens with zero attached hydrogens (tertiary/aromatic N) is 8. The van der Waals surface area contributed by atoms with Gasteiger partial charge in [0.2, 0.25) is 0 Å². The molecule has 0 amide bonds. The molecule has 3 N–H and O–H groups in total. The lowest BCUT2D eigenvalue weighted by Crippen LogP contribution is -2.34. The van der Waals surface area contributed by atoms with Gasteiger partial charge >= 0.3 is 0 Å². The number of nitrogens with two attached hydrogens (primary N) is 1. The molecular formula is C28H28FN9O. The third-order valence-corrected chi connectivity index (χ3v) is 7.17. The van der Waals surface area contributed by atoms with E-state index >= 15 is 0 Å². The van der Waals surface area contributed by atoms with Gasteiger partial charge in [0, 0.05) is 54.6 Å². The van der Waals surface area contributed by atoms with Gasteiger partial charge in [0.05, 0.1) is 24.9 Å². The number of aliphatic hydroxyl groups is 1. The highest BCUT2D eigenvalue weighted by Gasteiger charge is 2.25. The Balaban J connectivity index is 1.20. The van der Waals surface area contributed by atoms with Crippen molar-refractivity contribution in [1.29, 1.82) is 0 Å². The Morgan fingerprint density at radius 3 is 2.51 bits per heavy atom. The van der Waals surface area contributed by atoms with Gasteiger partial charge in [-0.25, -0.2) is 23.9 Å². The topological polar surface area (TPSA) is 123 Å². The first-order valence-corrected chi connectivity index (χ1v) is 12.7. The Morgan fingerprint density at radius 2 is 1.79 bits per heavy atom. The molecule has 5 heterocycles. The van der Waals surface area contributed by atoms with Gasteiger partial charge in [0.25, 0.3) is 0 Å². The molecule has 1 aliphatic heterocycles. The van der Waals surface area contributed by atoms with Crippen LogP contribution in [0.1, 0.15) is 30.3 Å². The second-order valence-electron chi connectivity index (χ2n) is 9.79. The number of benzene rings is 1. The minimum atomic E-state index is -0.837. The quantitative estimate of drug-likeness (QED) is 0.332. The van der Waals surface area contributed by atoms with Crippen molar-refractivity contribution in [1.82, 2.24) is 34.3 Å². The number of aliphatic hydroxyl groups excluding tert-OH is 1. The first-order valence-electron chi connectivity index (χ1n) is 12.7. The molecule has 10 nitrogen and oxygen atoms in total. The van der Waals surface area contributed by atoms with Crippen LogP contribution in [0.15, 0.2) is 73.7 Å². The molecule has 0 aliphatic carbocycles. The molecule has 0 bridgehead atoms. The Hall–Kier alpha value is -4.48. The number of halogens is 1. The molecule has 0 spiro atoms. The standard InChI is InChI=1S/C28H28FN9O/c1-28(30,22-2-4-24(29)5-3-22)23-14-31-26(32-15-23)19-6-8-36(9-7-19)27-25-12-20(17-38(25)35-18-33-27)21-13-34-37(16-21)10-11-39/h2-6,12-18,39H,7-11,30H2,1H3. The smallest absolute Gasteiger partial charge is 0.156 e. The summed E-state index contributed by atoms with van der Waals surface area (Å²) in [5.74, 6) is 1.22. The Bertz CT molecular complexity index is 1640. The van der Waals surface area contributed by atoms with E-state index < -0.39 is 5.54 Å². The van der Waals surface area contributed by atoms with Crippen LogP contribution >= 0.6 is 0 Å². The van der Waals surface area contributed by atoms with Gasteiger partial charge in [-0.1, -0.05) is 18.2 Å². The number of hydrogen-bond acceptors (Lipinski definition) is 8. The highest BCUT2D eigenvalue weighted by atomic mass is 19.1. The van der Waals surface area contributed by atoms with Crippen molar-refractivity contribution in [3.05, 3.63) is 96.5 Å². The second-order valence-corrected chi connectivity index (χ2v) is 9.79. The summed E-state index contributed by atoms with van der Waals surface area (Å²) in [5.41, 5.74) is 11.2. The molecule has 4 aromatic heterocycles. The van der Waals surface area contributed by atoms with Crippen molar-refractivity contribution in [2.75, 3.05) is 24.6 Å². The molecule has 198 valence electrons. The highest BCUT2D eigenvalue weighted by Crippen LogP contribution is 2.30. The molecule has 39 heavy (non-hydrogen) atoms. The summed E-state index contributed by atoms with van der Waals surface area (Å²) in [7, 11) is 0. The largest absolute Gasteiger partial charge is 0.394 e. The molecule has 6 rings (SSSR count). The van der Waals surface area contributed by atoms with E-state index in [1.807, 2.05) is 23.8 Å². The van der Waals surface area contributed by atoms with Gasteiger partial charge in [0.15, 0.2) is 11.6 Å². The van der Waals surface area contributed by atoms with Gasteiger partial charge in [0.1, 0.15) is 17.7 Å². The highest BCUT2D eigenvalue weighted by molar-refractivity contribution is 5.78. The first-order chi connectivity index (χ1) is 18.9. The first kappa shape index (κ1) is 24.8. The molecule has 1 aliphatic rings. The van der Waals surface area contributed by atoms with Gasteiger partial charge in [-0.3, -0.25) is 4.68 Å². The second kappa shape index (κ2) is 10.0. The molecule has 1 atom stereocenters. The number of rotatable bonds is 7. The van der Waals surface area contributed by atoms with Crippen LogP contribution < -0.4 is 10.6 Å². The van der Waals surface area contributed by atoms with E-state index in [1.54, 1.807) is 41.7 Å². The summed E-state index contributed by atoms with van der Waals surface area (Å²) < 4.78 is 16.9.